The number of primary amides is 1. The number of rotatable bonds is 4. The van der Waals surface area contributed by atoms with Crippen LogP contribution in [0.1, 0.15) is 46.1 Å². The lowest BCUT2D eigenvalue weighted by atomic mass is 10.2. The lowest BCUT2D eigenvalue weighted by molar-refractivity contribution is 0.0987. The number of aryl methyl sites for hydroxylation is 1. The van der Waals surface area contributed by atoms with Crippen molar-refractivity contribution in [1.29, 1.82) is 0 Å². The topological polar surface area (TPSA) is 98.1 Å². The van der Waals surface area contributed by atoms with Crippen LogP contribution in [0.5, 0.6) is 0 Å². The van der Waals surface area contributed by atoms with Gasteiger partial charge >= 0.3 is 0 Å². The van der Waals surface area contributed by atoms with Crippen molar-refractivity contribution in [3.05, 3.63) is 27.8 Å². The predicted octanol–water partition coefficient (Wildman–Crippen LogP) is 1.27. The maximum atomic E-state index is 11.0. The fraction of sp³-hybridized carbons (Fsp3) is 0.500. The van der Waals surface area contributed by atoms with E-state index in [9.17, 15) is 4.79 Å². The zero-order chi connectivity index (χ0) is 14.1. The van der Waals surface area contributed by atoms with Crippen LogP contribution in [0.3, 0.4) is 0 Å². The maximum absolute atomic E-state index is 11.0. The summed E-state index contributed by atoms with van der Waals surface area (Å²) in [5, 5.41) is 6.73. The lowest BCUT2D eigenvalue weighted by Crippen LogP contribution is -2.23. The molecule has 0 spiro atoms. The minimum absolute atomic E-state index is 0.0395. The van der Waals surface area contributed by atoms with Crippen molar-refractivity contribution in [1.82, 2.24) is 20.0 Å². The second-order valence-corrected chi connectivity index (χ2v) is 5.87. The summed E-state index contributed by atoms with van der Waals surface area (Å²) in [6, 6.07) is 0.0395. The average Bonchev–Trinajstić information content (AvgIpc) is 3.10. The van der Waals surface area contributed by atoms with Crippen LogP contribution in [0, 0.1) is 6.92 Å². The van der Waals surface area contributed by atoms with E-state index in [0.29, 0.717) is 5.89 Å². The molecule has 2 aromatic rings. The van der Waals surface area contributed by atoms with Gasteiger partial charge in [-0.05, 0) is 26.3 Å². The number of thiazole rings is 1. The molecular formula is C12H15N5O2S. The molecule has 0 aromatic carbocycles. The fourth-order valence-corrected chi connectivity index (χ4v) is 3.06. The predicted molar refractivity (Wildman–Crippen MR) is 72.1 cm³/mol. The first kappa shape index (κ1) is 13.2. The molecule has 0 bridgehead atoms. The van der Waals surface area contributed by atoms with Crippen LogP contribution in [0.2, 0.25) is 0 Å². The molecule has 1 fully saturated rings. The molecule has 106 valence electrons. The first-order valence-electron chi connectivity index (χ1n) is 6.42. The second-order valence-electron chi connectivity index (χ2n) is 4.81. The van der Waals surface area contributed by atoms with E-state index in [4.69, 9.17) is 10.3 Å². The van der Waals surface area contributed by atoms with Gasteiger partial charge in [0.25, 0.3) is 11.7 Å². The molecule has 1 aliphatic rings. The second kappa shape index (κ2) is 5.29. The van der Waals surface area contributed by atoms with Crippen LogP contribution in [0.25, 0.3) is 0 Å². The molecule has 0 radical (unpaired) electrons. The highest BCUT2D eigenvalue weighted by atomic mass is 32.1. The van der Waals surface area contributed by atoms with Gasteiger partial charge in [0.05, 0.1) is 16.7 Å². The van der Waals surface area contributed by atoms with E-state index in [1.807, 2.05) is 6.92 Å². The van der Waals surface area contributed by atoms with E-state index < -0.39 is 5.91 Å². The van der Waals surface area contributed by atoms with Gasteiger partial charge in [0.15, 0.2) is 0 Å². The Morgan fingerprint density at radius 3 is 3.10 bits per heavy atom. The number of hydrogen-bond donors (Lipinski definition) is 1. The highest BCUT2D eigenvalue weighted by Gasteiger charge is 2.31. The number of amides is 1. The zero-order valence-electron chi connectivity index (χ0n) is 11.1. The summed E-state index contributed by atoms with van der Waals surface area (Å²) in [6.45, 7) is 3.70. The molecule has 20 heavy (non-hydrogen) atoms. The Bertz CT molecular complexity index is 623. The molecule has 3 heterocycles. The quantitative estimate of drug-likeness (QED) is 0.911. The third-order valence-electron chi connectivity index (χ3n) is 3.34. The minimum atomic E-state index is -0.667. The molecule has 8 heteroatoms. The van der Waals surface area contributed by atoms with Crippen molar-refractivity contribution in [2.24, 2.45) is 5.73 Å². The SMILES string of the molecule is Cc1nc(CN2CCCC2c2nc(C(N)=O)no2)cs1. The Morgan fingerprint density at radius 2 is 2.45 bits per heavy atom. The Labute approximate surface area is 119 Å². The van der Waals surface area contributed by atoms with Crippen LogP contribution in [-0.4, -0.2) is 32.5 Å². The van der Waals surface area contributed by atoms with Gasteiger partial charge in [-0.25, -0.2) is 4.98 Å². The van der Waals surface area contributed by atoms with E-state index in [1.54, 1.807) is 11.3 Å². The standard InChI is InChI=1S/C12H15N5O2S/c1-7-14-8(6-20-7)5-17-4-2-3-9(17)12-15-11(10(13)18)16-19-12/h6,9H,2-5H2,1H3,(H2,13,18). The number of carbonyl (C=O) groups excluding carboxylic acids is 1. The van der Waals surface area contributed by atoms with Gasteiger partial charge in [-0.15, -0.1) is 11.3 Å². The molecule has 0 saturated carbocycles. The third-order valence-corrected chi connectivity index (χ3v) is 4.16. The van der Waals surface area contributed by atoms with Gasteiger partial charge in [-0.3, -0.25) is 9.69 Å². The number of carbonyl (C=O) groups is 1. The molecule has 1 saturated heterocycles. The number of likely N-dealkylation sites (tertiary alicyclic amines) is 1. The van der Waals surface area contributed by atoms with E-state index in [0.717, 1.165) is 36.6 Å². The summed E-state index contributed by atoms with van der Waals surface area (Å²) < 4.78 is 5.16. The highest BCUT2D eigenvalue weighted by molar-refractivity contribution is 7.09. The molecule has 1 unspecified atom stereocenters. The fourth-order valence-electron chi connectivity index (χ4n) is 2.45. The van der Waals surface area contributed by atoms with Crippen LogP contribution in [0.4, 0.5) is 0 Å². The maximum Gasteiger partial charge on any atom is 0.290 e. The van der Waals surface area contributed by atoms with Crippen molar-refractivity contribution in [3.63, 3.8) is 0 Å². The van der Waals surface area contributed by atoms with Crippen molar-refractivity contribution in [2.45, 2.75) is 32.4 Å². The largest absolute Gasteiger partial charge is 0.363 e. The smallest absolute Gasteiger partial charge is 0.290 e. The first-order valence-corrected chi connectivity index (χ1v) is 7.30. The summed E-state index contributed by atoms with van der Waals surface area (Å²) in [5.74, 6) is -0.265. The average molecular weight is 293 g/mol. The van der Waals surface area contributed by atoms with E-state index in [1.165, 1.54) is 0 Å². The van der Waals surface area contributed by atoms with Crippen LogP contribution < -0.4 is 5.73 Å². The Kier molecular flexibility index (Phi) is 3.49. The number of nitrogens with zero attached hydrogens (tertiary/aromatic N) is 4. The van der Waals surface area contributed by atoms with Gasteiger partial charge in [0.2, 0.25) is 5.89 Å². The Morgan fingerprint density at radius 1 is 1.60 bits per heavy atom. The Balaban J connectivity index is 1.76. The number of hydrogen-bond acceptors (Lipinski definition) is 7. The molecule has 1 aliphatic heterocycles. The van der Waals surface area contributed by atoms with Crippen molar-refractivity contribution < 1.29 is 9.32 Å². The van der Waals surface area contributed by atoms with Crippen molar-refractivity contribution in [3.8, 4) is 0 Å². The highest BCUT2D eigenvalue weighted by Crippen LogP contribution is 2.32. The lowest BCUT2D eigenvalue weighted by Gasteiger charge is -2.20. The molecule has 1 atom stereocenters. The minimum Gasteiger partial charge on any atom is -0.363 e. The number of aromatic nitrogens is 3. The summed E-state index contributed by atoms with van der Waals surface area (Å²) in [5.41, 5.74) is 6.19. The summed E-state index contributed by atoms with van der Waals surface area (Å²) in [7, 11) is 0. The third kappa shape index (κ3) is 2.56. The summed E-state index contributed by atoms with van der Waals surface area (Å²) in [4.78, 5) is 21.8. The van der Waals surface area contributed by atoms with E-state index in [2.05, 4.69) is 25.4 Å². The molecule has 2 aromatic heterocycles. The zero-order valence-corrected chi connectivity index (χ0v) is 11.9. The van der Waals surface area contributed by atoms with Gasteiger partial charge in [-0.1, -0.05) is 5.16 Å². The summed E-state index contributed by atoms with van der Waals surface area (Å²) in [6.07, 6.45) is 1.99. The molecule has 2 N–H and O–H groups in total. The van der Waals surface area contributed by atoms with Gasteiger partial charge in [0, 0.05) is 11.9 Å². The summed E-state index contributed by atoms with van der Waals surface area (Å²) >= 11 is 1.64. The monoisotopic (exact) mass is 293 g/mol. The van der Waals surface area contributed by atoms with E-state index in [-0.39, 0.29) is 11.9 Å². The molecule has 0 aliphatic carbocycles. The molecule has 7 nitrogen and oxygen atoms in total. The van der Waals surface area contributed by atoms with Crippen LogP contribution >= 0.6 is 11.3 Å². The molecule has 3 rings (SSSR count). The van der Waals surface area contributed by atoms with Gasteiger partial charge < -0.3 is 10.3 Å². The first-order chi connectivity index (χ1) is 9.63. The van der Waals surface area contributed by atoms with E-state index >= 15 is 0 Å². The Hall–Kier alpha value is -1.80. The van der Waals surface area contributed by atoms with Crippen LogP contribution in [0.15, 0.2) is 9.90 Å². The molecular weight excluding hydrogens is 278 g/mol. The van der Waals surface area contributed by atoms with Gasteiger partial charge in [-0.2, -0.15) is 4.98 Å². The molecule has 1 amide bonds. The van der Waals surface area contributed by atoms with Crippen LogP contribution in [-0.2, 0) is 6.54 Å². The number of nitrogens with two attached hydrogens (primary N) is 1. The van der Waals surface area contributed by atoms with Crippen molar-refractivity contribution >= 4 is 17.2 Å². The van der Waals surface area contributed by atoms with Gasteiger partial charge in [0.1, 0.15) is 0 Å². The normalized spacial score (nSPS) is 19.6. The van der Waals surface area contributed by atoms with Crippen molar-refractivity contribution in [2.75, 3.05) is 6.54 Å².